The molecule has 0 aliphatic carbocycles. The molecule has 2 saturated heterocycles. The Bertz CT molecular complexity index is 398. The maximum absolute atomic E-state index is 12.4. The third kappa shape index (κ3) is 3.20. The Balaban J connectivity index is 1.85. The van der Waals surface area contributed by atoms with Gasteiger partial charge in [-0.15, -0.1) is 0 Å². The summed E-state index contributed by atoms with van der Waals surface area (Å²) in [5.74, 6) is -0.00998. The van der Waals surface area contributed by atoms with E-state index in [-0.39, 0.29) is 18.7 Å². The Kier molecular flexibility index (Phi) is 4.49. The zero-order chi connectivity index (χ0) is 14.9. The molecule has 0 aromatic carbocycles. The van der Waals surface area contributed by atoms with Gasteiger partial charge in [0.15, 0.2) is 0 Å². The second-order valence-electron chi connectivity index (χ2n) is 5.78. The Labute approximate surface area is 123 Å². The van der Waals surface area contributed by atoms with Gasteiger partial charge >= 0.3 is 12.0 Å². The van der Waals surface area contributed by atoms with Crippen LogP contribution < -0.4 is 0 Å². The molecule has 2 fully saturated rings. The van der Waals surface area contributed by atoms with Crippen LogP contribution in [-0.2, 0) is 9.53 Å². The van der Waals surface area contributed by atoms with Gasteiger partial charge in [-0.25, -0.2) is 9.59 Å². The summed E-state index contributed by atoms with van der Waals surface area (Å²) in [4.78, 5) is 26.6. The minimum absolute atomic E-state index is 0.0426. The molecule has 2 amide bonds. The largest absolute Gasteiger partial charge is 0.480 e. The highest BCUT2D eigenvalue weighted by Crippen LogP contribution is 2.29. The number of urea groups is 1. The number of nitrogens with zero attached hydrogens (tertiary/aromatic N) is 2. The second-order valence-corrected chi connectivity index (χ2v) is 7.27. The molecule has 0 bridgehead atoms. The first kappa shape index (κ1) is 15.4. The Morgan fingerprint density at radius 3 is 2.65 bits per heavy atom. The molecule has 0 radical (unpaired) electrons. The van der Waals surface area contributed by atoms with Crippen molar-refractivity contribution in [2.75, 3.05) is 32.0 Å². The summed E-state index contributed by atoms with van der Waals surface area (Å²) >= 11 is 1.89. The van der Waals surface area contributed by atoms with Crippen LogP contribution in [0.1, 0.15) is 20.8 Å². The molecular weight excluding hydrogens is 280 g/mol. The third-order valence-electron chi connectivity index (χ3n) is 3.99. The fraction of sp³-hybridized carbons (Fsp3) is 0.846. The number of carboxylic acids is 1. The molecule has 7 heteroatoms. The number of hydrogen-bond donors (Lipinski definition) is 1. The van der Waals surface area contributed by atoms with Gasteiger partial charge in [0.25, 0.3) is 0 Å². The molecule has 2 aliphatic rings. The molecular formula is C13H22N2O4S. The summed E-state index contributed by atoms with van der Waals surface area (Å²) in [6.07, 6.45) is 0. The molecule has 0 aromatic rings. The summed E-state index contributed by atoms with van der Waals surface area (Å²) in [7, 11) is 0. The average Bonchev–Trinajstić information content (AvgIpc) is 2.35. The molecule has 0 aromatic heterocycles. The van der Waals surface area contributed by atoms with Gasteiger partial charge in [0.05, 0.1) is 13.1 Å². The summed E-state index contributed by atoms with van der Waals surface area (Å²) < 4.78 is 5.33. The van der Waals surface area contributed by atoms with Gasteiger partial charge in [-0.05, 0) is 13.8 Å². The zero-order valence-electron chi connectivity index (χ0n) is 12.2. The monoisotopic (exact) mass is 302 g/mol. The van der Waals surface area contributed by atoms with Crippen molar-refractivity contribution in [3.63, 3.8) is 0 Å². The second kappa shape index (κ2) is 5.81. The van der Waals surface area contributed by atoms with E-state index in [0.29, 0.717) is 18.3 Å². The number of amides is 2. The van der Waals surface area contributed by atoms with Gasteiger partial charge in [0.1, 0.15) is 12.2 Å². The molecule has 0 spiro atoms. The molecule has 2 aliphatic heterocycles. The smallest absolute Gasteiger partial charge is 0.329 e. The van der Waals surface area contributed by atoms with Crippen LogP contribution in [-0.4, -0.2) is 75.8 Å². The quantitative estimate of drug-likeness (QED) is 0.845. The van der Waals surface area contributed by atoms with Crippen molar-refractivity contribution in [3.05, 3.63) is 0 Å². The van der Waals surface area contributed by atoms with Crippen LogP contribution in [0, 0.1) is 0 Å². The standard InChI is InChI=1S/C13H22N2O4S/c1-9-10(2)20-5-4-15(9)12(18)14-7-13(3,8-14)19-6-11(16)17/h9-10H,4-8H2,1-3H3,(H,16,17). The topological polar surface area (TPSA) is 70.1 Å². The van der Waals surface area contributed by atoms with E-state index in [1.807, 2.05) is 23.6 Å². The van der Waals surface area contributed by atoms with Crippen molar-refractivity contribution in [1.29, 1.82) is 0 Å². The summed E-state index contributed by atoms with van der Waals surface area (Å²) in [6, 6.07) is 0.272. The minimum Gasteiger partial charge on any atom is -0.480 e. The Morgan fingerprint density at radius 2 is 2.05 bits per heavy atom. The maximum Gasteiger partial charge on any atom is 0.329 e. The predicted molar refractivity (Wildman–Crippen MR) is 77.0 cm³/mol. The molecule has 1 N–H and O–H groups in total. The summed E-state index contributed by atoms with van der Waals surface area (Å²) in [5, 5.41) is 9.07. The van der Waals surface area contributed by atoms with Crippen LogP contribution in [0.4, 0.5) is 4.79 Å². The highest BCUT2D eigenvalue weighted by molar-refractivity contribution is 8.00. The van der Waals surface area contributed by atoms with E-state index in [1.54, 1.807) is 4.90 Å². The molecule has 2 unspecified atom stereocenters. The number of likely N-dealkylation sites (tertiary alicyclic amines) is 1. The highest BCUT2D eigenvalue weighted by Gasteiger charge is 2.45. The van der Waals surface area contributed by atoms with Gasteiger partial charge in [-0.3, -0.25) is 0 Å². The lowest BCUT2D eigenvalue weighted by Gasteiger charge is -2.50. The minimum atomic E-state index is -0.980. The lowest BCUT2D eigenvalue weighted by molar-refractivity contribution is -0.160. The van der Waals surface area contributed by atoms with E-state index >= 15 is 0 Å². The number of carboxylic acid groups (broad SMARTS) is 1. The van der Waals surface area contributed by atoms with Crippen molar-refractivity contribution < 1.29 is 19.4 Å². The van der Waals surface area contributed by atoms with E-state index in [0.717, 1.165) is 12.3 Å². The van der Waals surface area contributed by atoms with Crippen LogP contribution in [0.15, 0.2) is 0 Å². The molecule has 0 saturated carbocycles. The zero-order valence-corrected chi connectivity index (χ0v) is 13.0. The lowest BCUT2D eigenvalue weighted by atomic mass is 9.96. The van der Waals surface area contributed by atoms with Crippen LogP contribution in [0.5, 0.6) is 0 Å². The molecule has 2 rings (SSSR count). The average molecular weight is 302 g/mol. The number of thioether (sulfide) groups is 1. The van der Waals surface area contributed by atoms with Gasteiger partial charge < -0.3 is 19.6 Å². The van der Waals surface area contributed by atoms with Gasteiger partial charge in [0.2, 0.25) is 0 Å². The van der Waals surface area contributed by atoms with E-state index in [4.69, 9.17) is 9.84 Å². The molecule has 2 heterocycles. The number of rotatable bonds is 3. The first-order chi connectivity index (χ1) is 9.32. The number of carbonyl (C=O) groups is 2. The fourth-order valence-corrected chi connectivity index (χ4v) is 3.71. The lowest BCUT2D eigenvalue weighted by Crippen LogP contribution is -2.67. The number of carbonyl (C=O) groups excluding carboxylic acids is 1. The van der Waals surface area contributed by atoms with E-state index in [2.05, 4.69) is 13.8 Å². The Hall–Kier alpha value is -0.950. The van der Waals surface area contributed by atoms with Crippen molar-refractivity contribution in [1.82, 2.24) is 9.80 Å². The van der Waals surface area contributed by atoms with Crippen LogP contribution >= 0.6 is 11.8 Å². The molecule has 2 atom stereocenters. The van der Waals surface area contributed by atoms with Crippen molar-refractivity contribution in [3.8, 4) is 0 Å². The van der Waals surface area contributed by atoms with Crippen molar-refractivity contribution >= 4 is 23.8 Å². The number of aliphatic carboxylic acids is 1. The molecule has 114 valence electrons. The van der Waals surface area contributed by atoms with Crippen molar-refractivity contribution in [2.24, 2.45) is 0 Å². The Morgan fingerprint density at radius 1 is 1.40 bits per heavy atom. The van der Waals surface area contributed by atoms with Gasteiger partial charge in [-0.1, -0.05) is 6.92 Å². The summed E-state index contributed by atoms with van der Waals surface area (Å²) in [6.45, 7) is 7.45. The predicted octanol–water partition coefficient (Wildman–Crippen LogP) is 1.11. The first-order valence-electron chi connectivity index (χ1n) is 6.85. The van der Waals surface area contributed by atoms with Crippen LogP contribution in [0.2, 0.25) is 0 Å². The van der Waals surface area contributed by atoms with Gasteiger partial charge in [0, 0.05) is 23.6 Å². The highest BCUT2D eigenvalue weighted by atomic mass is 32.2. The molecule has 6 nitrogen and oxygen atoms in total. The molecule has 20 heavy (non-hydrogen) atoms. The van der Waals surface area contributed by atoms with Crippen LogP contribution in [0.3, 0.4) is 0 Å². The van der Waals surface area contributed by atoms with E-state index < -0.39 is 11.6 Å². The van der Waals surface area contributed by atoms with Crippen molar-refractivity contribution in [2.45, 2.75) is 37.7 Å². The first-order valence-corrected chi connectivity index (χ1v) is 7.90. The van der Waals surface area contributed by atoms with E-state index in [9.17, 15) is 9.59 Å². The number of ether oxygens (including phenoxy) is 1. The number of hydrogen-bond acceptors (Lipinski definition) is 4. The third-order valence-corrected chi connectivity index (χ3v) is 5.33. The summed E-state index contributed by atoms with van der Waals surface area (Å²) in [5.41, 5.74) is -0.520. The SMILES string of the molecule is CC1SCCN(C(=O)N2CC(C)(OCC(=O)O)C2)C1C. The maximum atomic E-state index is 12.4. The van der Waals surface area contributed by atoms with Crippen LogP contribution in [0.25, 0.3) is 0 Å². The van der Waals surface area contributed by atoms with Gasteiger partial charge in [-0.2, -0.15) is 11.8 Å². The van der Waals surface area contributed by atoms with E-state index in [1.165, 1.54) is 0 Å². The fourth-order valence-electron chi connectivity index (χ4n) is 2.61. The normalized spacial score (nSPS) is 28.9.